The van der Waals surface area contributed by atoms with Gasteiger partial charge in [0.05, 0.1) is 0 Å². The standard InChI is InChI=1S/C9H16OSi/c1-3-9(10)11(2)7-5-4-6-8-11/h3H,1,4-8H2,2H3. The van der Waals surface area contributed by atoms with Crippen molar-refractivity contribution >= 4 is 13.5 Å². The molecule has 0 aromatic carbocycles. The number of carbonyl (C=O) groups is 1. The molecule has 0 N–H and O–H groups in total. The molecular weight excluding hydrogens is 152 g/mol. The van der Waals surface area contributed by atoms with E-state index in [0.717, 1.165) is 0 Å². The third-order valence-electron chi connectivity index (χ3n) is 2.74. The summed E-state index contributed by atoms with van der Waals surface area (Å²) < 4.78 is 0. The minimum absolute atomic E-state index is 0.372. The van der Waals surface area contributed by atoms with Crippen molar-refractivity contribution in [1.29, 1.82) is 0 Å². The molecule has 0 unspecified atom stereocenters. The number of allylic oxidation sites excluding steroid dienone is 1. The van der Waals surface area contributed by atoms with Gasteiger partial charge in [-0.25, -0.2) is 0 Å². The van der Waals surface area contributed by atoms with Crippen molar-refractivity contribution in [3.05, 3.63) is 12.7 Å². The zero-order valence-electron chi connectivity index (χ0n) is 7.23. The molecule has 0 saturated carbocycles. The summed E-state index contributed by atoms with van der Waals surface area (Å²) in [6.07, 6.45) is 5.40. The summed E-state index contributed by atoms with van der Waals surface area (Å²) in [7, 11) is -1.50. The molecule has 11 heavy (non-hydrogen) atoms. The molecule has 0 bridgehead atoms. The maximum Gasteiger partial charge on any atom is 0.135 e. The monoisotopic (exact) mass is 168 g/mol. The van der Waals surface area contributed by atoms with Crippen LogP contribution in [0.15, 0.2) is 12.7 Å². The summed E-state index contributed by atoms with van der Waals surface area (Å²) in [4.78, 5) is 11.4. The molecule has 62 valence electrons. The van der Waals surface area contributed by atoms with E-state index in [-0.39, 0.29) is 0 Å². The quantitative estimate of drug-likeness (QED) is 0.457. The highest BCUT2D eigenvalue weighted by molar-refractivity contribution is 7.06. The van der Waals surface area contributed by atoms with Crippen LogP contribution in [0.4, 0.5) is 0 Å². The Kier molecular flexibility index (Phi) is 2.65. The minimum atomic E-state index is -1.50. The second kappa shape index (κ2) is 3.35. The lowest BCUT2D eigenvalue weighted by molar-refractivity contribution is -0.108. The number of carbonyl (C=O) groups excluding carboxylic acids is 1. The van der Waals surface area contributed by atoms with Gasteiger partial charge in [0.1, 0.15) is 13.5 Å². The SMILES string of the molecule is C=CC(=O)[Si]1(C)CCCCC1. The van der Waals surface area contributed by atoms with Crippen LogP contribution in [-0.4, -0.2) is 13.5 Å². The van der Waals surface area contributed by atoms with E-state index in [1.54, 1.807) is 0 Å². The topological polar surface area (TPSA) is 17.1 Å². The summed E-state index contributed by atoms with van der Waals surface area (Å²) in [5.74, 6) is 0. The molecule has 1 fully saturated rings. The maximum atomic E-state index is 11.4. The molecule has 0 atom stereocenters. The summed E-state index contributed by atoms with van der Waals surface area (Å²) in [5.41, 5.74) is 0. The second-order valence-corrected chi connectivity index (χ2v) is 8.30. The fourth-order valence-electron chi connectivity index (χ4n) is 1.82. The molecular formula is C9H16OSi. The van der Waals surface area contributed by atoms with Gasteiger partial charge >= 0.3 is 0 Å². The Morgan fingerprint density at radius 1 is 1.36 bits per heavy atom. The Hall–Kier alpha value is -0.373. The van der Waals surface area contributed by atoms with Crippen molar-refractivity contribution in [3.8, 4) is 0 Å². The molecule has 0 spiro atoms. The van der Waals surface area contributed by atoms with E-state index in [4.69, 9.17) is 0 Å². The van der Waals surface area contributed by atoms with Gasteiger partial charge in [-0.05, 0) is 6.08 Å². The number of hydrogen-bond donors (Lipinski definition) is 0. The van der Waals surface area contributed by atoms with Crippen molar-refractivity contribution in [2.75, 3.05) is 0 Å². The van der Waals surface area contributed by atoms with Gasteiger partial charge in [-0.15, -0.1) is 0 Å². The van der Waals surface area contributed by atoms with Gasteiger partial charge in [0, 0.05) is 0 Å². The van der Waals surface area contributed by atoms with E-state index in [1.807, 2.05) is 0 Å². The molecule has 1 rings (SSSR count). The van der Waals surface area contributed by atoms with E-state index in [0.29, 0.717) is 5.41 Å². The van der Waals surface area contributed by atoms with Crippen LogP contribution in [0.3, 0.4) is 0 Å². The molecule has 0 amide bonds. The summed E-state index contributed by atoms with van der Waals surface area (Å²) in [6.45, 7) is 5.77. The van der Waals surface area contributed by atoms with Gasteiger partial charge in [-0.3, -0.25) is 0 Å². The first kappa shape index (κ1) is 8.72. The van der Waals surface area contributed by atoms with Gasteiger partial charge in [0.25, 0.3) is 0 Å². The van der Waals surface area contributed by atoms with Crippen molar-refractivity contribution in [2.24, 2.45) is 0 Å². The Morgan fingerprint density at radius 2 is 1.91 bits per heavy atom. The number of rotatable bonds is 2. The summed E-state index contributed by atoms with van der Waals surface area (Å²) in [6, 6.07) is 2.38. The first-order valence-corrected chi connectivity index (χ1v) is 7.27. The third kappa shape index (κ3) is 1.80. The molecule has 1 heterocycles. The van der Waals surface area contributed by atoms with E-state index >= 15 is 0 Å². The molecule has 1 aliphatic heterocycles. The molecule has 1 aliphatic rings. The summed E-state index contributed by atoms with van der Waals surface area (Å²) in [5, 5.41) is 0.372. The Bertz CT molecular complexity index is 168. The first-order valence-electron chi connectivity index (χ1n) is 4.36. The van der Waals surface area contributed by atoms with Gasteiger partial charge in [0.2, 0.25) is 0 Å². The fourth-order valence-corrected chi connectivity index (χ4v) is 5.12. The third-order valence-corrected chi connectivity index (χ3v) is 7.05. The van der Waals surface area contributed by atoms with Crippen molar-refractivity contribution in [2.45, 2.75) is 37.9 Å². The summed E-state index contributed by atoms with van der Waals surface area (Å²) >= 11 is 0. The average Bonchev–Trinajstić information content (AvgIpc) is 2.04. The molecule has 0 aromatic heterocycles. The van der Waals surface area contributed by atoms with E-state index in [9.17, 15) is 4.79 Å². The molecule has 1 saturated heterocycles. The fraction of sp³-hybridized carbons (Fsp3) is 0.667. The van der Waals surface area contributed by atoms with E-state index in [2.05, 4.69) is 13.1 Å². The van der Waals surface area contributed by atoms with Gasteiger partial charge < -0.3 is 4.79 Å². The number of hydrogen-bond acceptors (Lipinski definition) is 1. The Morgan fingerprint density at radius 3 is 2.36 bits per heavy atom. The van der Waals surface area contributed by atoms with Gasteiger partial charge in [0.15, 0.2) is 0 Å². The highest BCUT2D eigenvalue weighted by Gasteiger charge is 2.34. The van der Waals surface area contributed by atoms with Crippen molar-refractivity contribution < 1.29 is 4.79 Å². The Labute approximate surface area is 69.5 Å². The molecule has 0 radical (unpaired) electrons. The molecule has 0 aliphatic carbocycles. The predicted molar refractivity (Wildman–Crippen MR) is 50.3 cm³/mol. The van der Waals surface area contributed by atoms with E-state index < -0.39 is 8.07 Å². The smallest absolute Gasteiger partial charge is 0.135 e. The normalized spacial score (nSPS) is 22.6. The largest absolute Gasteiger partial charge is 0.301 e. The van der Waals surface area contributed by atoms with E-state index in [1.165, 1.54) is 37.4 Å². The highest BCUT2D eigenvalue weighted by Crippen LogP contribution is 2.28. The van der Waals surface area contributed by atoms with Crippen LogP contribution in [-0.2, 0) is 4.79 Å². The lowest BCUT2D eigenvalue weighted by Gasteiger charge is -2.28. The molecule has 2 heteroatoms. The predicted octanol–water partition coefficient (Wildman–Crippen LogP) is 2.54. The molecule has 1 nitrogen and oxygen atoms in total. The lowest BCUT2D eigenvalue weighted by atomic mass is 10.3. The van der Waals surface area contributed by atoms with Crippen LogP contribution in [0.25, 0.3) is 0 Å². The van der Waals surface area contributed by atoms with Crippen LogP contribution >= 0.6 is 0 Å². The van der Waals surface area contributed by atoms with Crippen LogP contribution in [0, 0.1) is 0 Å². The van der Waals surface area contributed by atoms with Crippen LogP contribution < -0.4 is 0 Å². The van der Waals surface area contributed by atoms with Gasteiger partial charge in [-0.1, -0.05) is 44.5 Å². The van der Waals surface area contributed by atoms with Crippen LogP contribution in [0.1, 0.15) is 19.3 Å². The lowest BCUT2D eigenvalue weighted by Crippen LogP contribution is -2.41. The zero-order chi connectivity index (χ0) is 8.32. The Balaban J connectivity index is 2.63. The van der Waals surface area contributed by atoms with Crippen molar-refractivity contribution in [1.82, 2.24) is 0 Å². The minimum Gasteiger partial charge on any atom is -0.301 e. The van der Waals surface area contributed by atoms with Gasteiger partial charge in [-0.2, -0.15) is 0 Å². The van der Waals surface area contributed by atoms with Crippen molar-refractivity contribution in [3.63, 3.8) is 0 Å². The zero-order valence-corrected chi connectivity index (χ0v) is 8.23. The first-order chi connectivity index (χ1) is 5.19. The average molecular weight is 168 g/mol. The van der Waals surface area contributed by atoms with Crippen LogP contribution in [0.2, 0.25) is 18.6 Å². The maximum absolute atomic E-state index is 11.4. The highest BCUT2D eigenvalue weighted by atomic mass is 28.3. The van der Waals surface area contributed by atoms with Crippen LogP contribution in [0.5, 0.6) is 0 Å². The second-order valence-electron chi connectivity index (χ2n) is 3.69. The molecule has 0 aromatic rings.